The zero-order chi connectivity index (χ0) is 20.8. The molecule has 5 nitrogen and oxygen atoms in total. The zero-order valence-electron chi connectivity index (χ0n) is 16.7. The molecule has 3 rings (SSSR count). The summed E-state index contributed by atoms with van der Waals surface area (Å²) in [4.78, 5) is 14.8. The van der Waals surface area contributed by atoms with E-state index in [0.29, 0.717) is 10.6 Å². The molecule has 0 unspecified atom stereocenters. The number of nitrogens with one attached hydrogen (secondary N) is 2. The second kappa shape index (κ2) is 9.94. The first kappa shape index (κ1) is 21.4. The molecule has 0 saturated carbocycles. The maximum Gasteiger partial charge on any atom is 0.257 e. The molecule has 2 aromatic rings. The number of anilines is 2. The molecule has 0 aromatic heterocycles. The number of halogens is 1. The van der Waals surface area contributed by atoms with Gasteiger partial charge in [-0.2, -0.15) is 0 Å². The van der Waals surface area contributed by atoms with Crippen molar-refractivity contribution < 1.29 is 9.53 Å². The van der Waals surface area contributed by atoms with Crippen LogP contribution in [0.25, 0.3) is 0 Å². The highest BCUT2D eigenvalue weighted by molar-refractivity contribution is 7.80. The number of hydrogen-bond donors (Lipinski definition) is 2. The average molecular weight is 432 g/mol. The quantitative estimate of drug-likeness (QED) is 0.633. The van der Waals surface area contributed by atoms with Crippen molar-refractivity contribution in [3.8, 4) is 5.75 Å². The normalized spacial score (nSPS) is 13.9. The van der Waals surface area contributed by atoms with Gasteiger partial charge in [-0.15, -0.1) is 0 Å². The number of para-hydroxylation sites is 1. The second-order valence-corrected chi connectivity index (χ2v) is 8.10. The van der Waals surface area contributed by atoms with Crippen LogP contribution in [0, 0.1) is 0 Å². The second-order valence-electron chi connectivity index (χ2n) is 7.28. The minimum Gasteiger partial charge on any atom is -0.491 e. The van der Waals surface area contributed by atoms with Gasteiger partial charge in [0.25, 0.3) is 5.91 Å². The van der Waals surface area contributed by atoms with Gasteiger partial charge in [-0.25, -0.2) is 0 Å². The molecule has 0 radical (unpaired) electrons. The standard InChI is InChI=1S/C22H26ClN3O2S/c1-15(2)28-17-11-9-16(10-12-17)21(27)25-22(29)24-19-8-6-7-18(23)20(19)26-13-4-3-5-14-26/h6-12,15H,3-5,13-14H2,1-2H3,(H2,24,25,27,29). The summed E-state index contributed by atoms with van der Waals surface area (Å²) in [5, 5.41) is 6.78. The van der Waals surface area contributed by atoms with E-state index in [0.717, 1.165) is 43.1 Å². The molecule has 0 bridgehead atoms. The Hall–Kier alpha value is -2.31. The van der Waals surface area contributed by atoms with Crippen molar-refractivity contribution in [2.75, 3.05) is 23.3 Å². The lowest BCUT2D eigenvalue weighted by Crippen LogP contribution is -2.35. The highest BCUT2D eigenvalue weighted by atomic mass is 35.5. The van der Waals surface area contributed by atoms with E-state index in [2.05, 4.69) is 15.5 Å². The Morgan fingerprint density at radius 1 is 1.10 bits per heavy atom. The van der Waals surface area contributed by atoms with Crippen LogP contribution in [-0.4, -0.2) is 30.2 Å². The summed E-state index contributed by atoms with van der Waals surface area (Å²) in [5.41, 5.74) is 2.23. The summed E-state index contributed by atoms with van der Waals surface area (Å²) in [5.74, 6) is 0.447. The molecule has 1 aliphatic rings. The first-order valence-corrected chi connectivity index (χ1v) is 10.6. The maximum absolute atomic E-state index is 12.5. The summed E-state index contributed by atoms with van der Waals surface area (Å²) in [6.45, 7) is 5.84. The van der Waals surface area contributed by atoms with Gasteiger partial charge in [0.15, 0.2) is 5.11 Å². The van der Waals surface area contributed by atoms with Crippen molar-refractivity contribution in [3.63, 3.8) is 0 Å². The van der Waals surface area contributed by atoms with Gasteiger partial charge in [0.1, 0.15) is 5.75 Å². The van der Waals surface area contributed by atoms with Crippen LogP contribution in [-0.2, 0) is 0 Å². The van der Waals surface area contributed by atoms with Crippen LogP contribution >= 0.6 is 23.8 Å². The van der Waals surface area contributed by atoms with Crippen LogP contribution in [0.2, 0.25) is 5.02 Å². The number of carbonyl (C=O) groups is 1. The lowest BCUT2D eigenvalue weighted by molar-refractivity contribution is 0.0977. The van der Waals surface area contributed by atoms with E-state index in [4.69, 9.17) is 28.6 Å². The van der Waals surface area contributed by atoms with Crippen LogP contribution in [0.1, 0.15) is 43.5 Å². The molecular weight excluding hydrogens is 406 g/mol. The van der Waals surface area contributed by atoms with Gasteiger partial charge < -0.3 is 15.0 Å². The Morgan fingerprint density at radius 2 is 1.79 bits per heavy atom. The van der Waals surface area contributed by atoms with Crippen LogP contribution in [0.5, 0.6) is 5.75 Å². The number of rotatable bonds is 5. The van der Waals surface area contributed by atoms with Crippen molar-refractivity contribution in [2.24, 2.45) is 0 Å². The minimum absolute atomic E-state index is 0.0817. The van der Waals surface area contributed by atoms with E-state index in [1.165, 1.54) is 6.42 Å². The predicted octanol–water partition coefficient (Wildman–Crippen LogP) is 5.24. The Morgan fingerprint density at radius 3 is 2.45 bits per heavy atom. The Bertz CT molecular complexity index is 865. The van der Waals surface area contributed by atoms with Gasteiger partial charge in [-0.3, -0.25) is 10.1 Å². The smallest absolute Gasteiger partial charge is 0.257 e. The molecule has 29 heavy (non-hydrogen) atoms. The number of hydrogen-bond acceptors (Lipinski definition) is 4. The molecule has 7 heteroatoms. The minimum atomic E-state index is -0.278. The number of carbonyl (C=O) groups excluding carboxylic acids is 1. The molecule has 0 atom stereocenters. The molecule has 0 spiro atoms. The number of benzene rings is 2. The molecule has 154 valence electrons. The summed E-state index contributed by atoms with van der Waals surface area (Å²) < 4.78 is 5.60. The van der Waals surface area contributed by atoms with Crippen molar-refractivity contribution in [1.29, 1.82) is 0 Å². The largest absolute Gasteiger partial charge is 0.491 e. The van der Waals surface area contributed by atoms with Gasteiger partial charge in [0.05, 0.1) is 22.5 Å². The lowest BCUT2D eigenvalue weighted by Gasteiger charge is -2.31. The predicted molar refractivity (Wildman–Crippen MR) is 123 cm³/mol. The van der Waals surface area contributed by atoms with E-state index < -0.39 is 0 Å². The fourth-order valence-corrected chi connectivity index (χ4v) is 3.84. The number of amides is 1. The molecule has 1 heterocycles. The average Bonchev–Trinajstić information content (AvgIpc) is 2.68. The molecule has 1 amide bonds. The SMILES string of the molecule is CC(C)Oc1ccc(C(=O)NC(=S)Nc2cccc(Cl)c2N2CCCCC2)cc1. The molecule has 1 saturated heterocycles. The summed E-state index contributed by atoms with van der Waals surface area (Å²) in [6.07, 6.45) is 3.60. The summed E-state index contributed by atoms with van der Waals surface area (Å²) >= 11 is 11.8. The number of ether oxygens (including phenoxy) is 1. The topological polar surface area (TPSA) is 53.6 Å². The zero-order valence-corrected chi connectivity index (χ0v) is 18.3. The van der Waals surface area contributed by atoms with Crippen molar-refractivity contribution in [1.82, 2.24) is 5.32 Å². The molecular formula is C22H26ClN3O2S. The third kappa shape index (κ3) is 5.84. The van der Waals surface area contributed by atoms with E-state index in [1.807, 2.05) is 32.0 Å². The Balaban J connectivity index is 1.66. The number of thiocarbonyl (C=S) groups is 1. The molecule has 2 aromatic carbocycles. The van der Waals surface area contributed by atoms with Crippen LogP contribution < -0.4 is 20.3 Å². The van der Waals surface area contributed by atoms with Crippen LogP contribution in [0.4, 0.5) is 11.4 Å². The van der Waals surface area contributed by atoms with E-state index in [-0.39, 0.29) is 17.1 Å². The van der Waals surface area contributed by atoms with E-state index in [1.54, 1.807) is 24.3 Å². The van der Waals surface area contributed by atoms with Crippen molar-refractivity contribution in [2.45, 2.75) is 39.2 Å². The third-order valence-corrected chi connectivity index (χ3v) is 5.13. The fraction of sp³-hybridized carbons (Fsp3) is 0.364. The van der Waals surface area contributed by atoms with Gasteiger partial charge in [0.2, 0.25) is 0 Å². The molecule has 2 N–H and O–H groups in total. The highest BCUT2D eigenvalue weighted by Gasteiger charge is 2.18. The first-order valence-electron chi connectivity index (χ1n) is 9.86. The molecule has 1 fully saturated rings. The Labute approximate surface area is 182 Å². The van der Waals surface area contributed by atoms with Gasteiger partial charge in [-0.1, -0.05) is 17.7 Å². The molecule has 1 aliphatic heterocycles. The van der Waals surface area contributed by atoms with E-state index in [9.17, 15) is 4.79 Å². The van der Waals surface area contributed by atoms with Crippen molar-refractivity contribution in [3.05, 3.63) is 53.1 Å². The monoisotopic (exact) mass is 431 g/mol. The lowest BCUT2D eigenvalue weighted by atomic mass is 10.1. The summed E-state index contributed by atoms with van der Waals surface area (Å²) in [6, 6.07) is 12.7. The third-order valence-electron chi connectivity index (χ3n) is 4.62. The summed E-state index contributed by atoms with van der Waals surface area (Å²) in [7, 11) is 0. The highest BCUT2D eigenvalue weighted by Crippen LogP contribution is 2.35. The maximum atomic E-state index is 12.5. The van der Waals surface area contributed by atoms with Gasteiger partial charge in [0, 0.05) is 18.7 Å². The Kier molecular flexibility index (Phi) is 7.34. The van der Waals surface area contributed by atoms with Crippen LogP contribution in [0.3, 0.4) is 0 Å². The van der Waals surface area contributed by atoms with Gasteiger partial charge >= 0.3 is 0 Å². The van der Waals surface area contributed by atoms with Crippen molar-refractivity contribution >= 4 is 46.2 Å². The van der Waals surface area contributed by atoms with Crippen LogP contribution in [0.15, 0.2) is 42.5 Å². The fourth-order valence-electron chi connectivity index (χ4n) is 3.34. The number of nitrogens with zero attached hydrogens (tertiary/aromatic N) is 1. The first-order chi connectivity index (χ1) is 13.9. The van der Waals surface area contributed by atoms with E-state index >= 15 is 0 Å². The molecule has 0 aliphatic carbocycles. The van der Waals surface area contributed by atoms with Gasteiger partial charge in [-0.05, 0) is 81.7 Å². The number of piperidine rings is 1.